The lowest BCUT2D eigenvalue weighted by Crippen LogP contribution is -2.28. The van der Waals surface area contributed by atoms with Crippen LogP contribution in [0.25, 0.3) is 6.08 Å². The van der Waals surface area contributed by atoms with E-state index in [1.54, 1.807) is 12.3 Å². The minimum Gasteiger partial charge on any atom is -0.491 e. The molecule has 5 nitrogen and oxygen atoms in total. The van der Waals surface area contributed by atoms with Crippen LogP contribution in [0, 0.1) is 0 Å². The summed E-state index contributed by atoms with van der Waals surface area (Å²) < 4.78 is 11.4. The van der Waals surface area contributed by atoms with Crippen molar-refractivity contribution in [2.75, 3.05) is 0 Å². The summed E-state index contributed by atoms with van der Waals surface area (Å²) in [7, 11) is 0. The zero-order valence-electron chi connectivity index (χ0n) is 15.0. The number of nitrogens with zero attached hydrogens (tertiary/aromatic N) is 1. The van der Waals surface area contributed by atoms with Crippen molar-refractivity contribution in [3.63, 3.8) is 0 Å². The number of carbonyl (C=O) groups is 1. The lowest BCUT2D eigenvalue weighted by molar-refractivity contribution is -0.119. The molecule has 0 bridgehead atoms. The van der Waals surface area contributed by atoms with Crippen molar-refractivity contribution in [3.8, 4) is 17.4 Å². The summed E-state index contributed by atoms with van der Waals surface area (Å²) in [5.74, 6) is 1.89. The van der Waals surface area contributed by atoms with Crippen molar-refractivity contribution < 1.29 is 14.3 Å². The molecule has 0 aliphatic carbocycles. The second kappa shape index (κ2) is 8.87. The molecule has 2 rings (SSSR count). The van der Waals surface area contributed by atoms with Crippen LogP contribution in [0.15, 0.2) is 48.7 Å². The maximum atomic E-state index is 11.0. The van der Waals surface area contributed by atoms with Crippen molar-refractivity contribution >= 4 is 12.0 Å². The maximum absolute atomic E-state index is 11.0. The fourth-order valence-corrected chi connectivity index (χ4v) is 2.18. The summed E-state index contributed by atoms with van der Waals surface area (Å²) in [4.78, 5) is 15.3. The summed E-state index contributed by atoms with van der Waals surface area (Å²) >= 11 is 0. The number of ether oxygens (including phenoxy) is 2. The van der Waals surface area contributed by atoms with Crippen molar-refractivity contribution in [3.05, 3.63) is 54.2 Å². The molecule has 1 atom stereocenters. The molecule has 25 heavy (non-hydrogen) atoms. The first kappa shape index (κ1) is 18.5. The van der Waals surface area contributed by atoms with E-state index in [0.29, 0.717) is 11.6 Å². The summed E-state index contributed by atoms with van der Waals surface area (Å²) in [5.41, 5.74) is 0.932. The van der Waals surface area contributed by atoms with Crippen LogP contribution in [0.1, 0.15) is 33.3 Å². The van der Waals surface area contributed by atoms with Crippen LogP contribution < -0.4 is 14.8 Å². The second-order valence-corrected chi connectivity index (χ2v) is 6.02. The number of amides is 1. The fraction of sp³-hybridized carbons (Fsp3) is 0.300. The topological polar surface area (TPSA) is 60.5 Å². The predicted molar refractivity (Wildman–Crippen MR) is 98.8 cm³/mol. The van der Waals surface area contributed by atoms with Gasteiger partial charge in [0, 0.05) is 31.3 Å². The molecule has 5 heteroatoms. The minimum atomic E-state index is -0.0531. The predicted octanol–water partition coefficient (Wildman–Crippen LogP) is 4.20. The van der Waals surface area contributed by atoms with Crippen LogP contribution in [-0.4, -0.2) is 23.0 Å². The summed E-state index contributed by atoms with van der Waals surface area (Å²) in [6, 6.07) is 11.2. The highest BCUT2D eigenvalue weighted by Gasteiger charge is 2.03. The molecular formula is C20H24N2O3. The number of hydrogen-bond acceptors (Lipinski definition) is 4. The smallest absolute Gasteiger partial charge is 0.219 e. The third-order valence-corrected chi connectivity index (χ3v) is 3.17. The molecule has 0 spiro atoms. The van der Waals surface area contributed by atoms with Gasteiger partial charge in [-0.1, -0.05) is 18.2 Å². The number of hydrogen-bond donors (Lipinski definition) is 1. The Morgan fingerprint density at radius 1 is 1.16 bits per heavy atom. The Labute approximate surface area is 148 Å². The fourth-order valence-electron chi connectivity index (χ4n) is 2.18. The molecule has 1 aromatic carbocycles. The normalized spacial score (nSPS) is 12.2. The van der Waals surface area contributed by atoms with Crippen LogP contribution >= 0.6 is 0 Å². The molecule has 1 N–H and O–H groups in total. The molecule has 0 fully saturated rings. The van der Waals surface area contributed by atoms with E-state index in [2.05, 4.69) is 10.3 Å². The molecule has 1 heterocycles. The maximum Gasteiger partial charge on any atom is 0.219 e. The molecule has 0 aliphatic heterocycles. The van der Waals surface area contributed by atoms with Crippen molar-refractivity contribution in [2.45, 2.75) is 39.8 Å². The van der Waals surface area contributed by atoms with Crippen molar-refractivity contribution in [1.82, 2.24) is 10.3 Å². The van der Waals surface area contributed by atoms with Gasteiger partial charge in [0.1, 0.15) is 11.5 Å². The van der Waals surface area contributed by atoms with Crippen molar-refractivity contribution in [1.29, 1.82) is 0 Å². The van der Waals surface area contributed by atoms with Crippen LogP contribution in [0.2, 0.25) is 0 Å². The van der Waals surface area contributed by atoms with Crippen LogP contribution in [0.5, 0.6) is 17.4 Å². The number of benzene rings is 1. The molecule has 132 valence electrons. The van der Waals surface area contributed by atoms with Gasteiger partial charge < -0.3 is 14.8 Å². The highest BCUT2D eigenvalue weighted by atomic mass is 16.5. The van der Waals surface area contributed by atoms with Crippen molar-refractivity contribution in [2.24, 2.45) is 0 Å². The Morgan fingerprint density at radius 3 is 2.56 bits per heavy atom. The highest BCUT2D eigenvalue weighted by molar-refractivity contribution is 5.73. The second-order valence-electron chi connectivity index (χ2n) is 6.02. The number of aromatic nitrogens is 1. The monoisotopic (exact) mass is 340 g/mol. The quantitative estimate of drug-likeness (QED) is 0.820. The van der Waals surface area contributed by atoms with Crippen LogP contribution in [0.3, 0.4) is 0 Å². The van der Waals surface area contributed by atoms with E-state index >= 15 is 0 Å². The van der Waals surface area contributed by atoms with Gasteiger partial charge in [0.25, 0.3) is 0 Å². The Morgan fingerprint density at radius 2 is 1.92 bits per heavy atom. The van der Waals surface area contributed by atoms with E-state index in [9.17, 15) is 4.79 Å². The third kappa shape index (κ3) is 6.67. The molecule has 0 radical (unpaired) electrons. The van der Waals surface area contributed by atoms with E-state index in [0.717, 1.165) is 11.3 Å². The van der Waals surface area contributed by atoms with Gasteiger partial charge in [-0.3, -0.25) is 4.79 Å². The Balaban J connectivity index is 1.98. The van der Waals surface area contributed by atoms with Gasteiger partial charge in [-0.05, 0) is 44.5 Å². The zero-order valence-corrected chi connectivity index (χ0v) is 15.0. The molecule has 1 amide bonds. The Hall–Kier alpha value is -2.82. The largest absolute Gasteiger partial charge is 0.491 e. The Bertz CT molecular complexity index is 724. The van der Waals surface area contributed by atoms with E-state index in [1.807, 2.05) is 63.3 Å². The molecule has 1 aromatic heterocycles. The van der Waals surface area contributed by atoms with Gasteiger partial charge in [-0.15, -0.1) is 0 Å². The highest BCUT2D eigenvalue weighted by Crippen LogP contribution is 2.24. The first-order valence-electron chi connectivity index (χ1n) is 8.28. The van der Waals surface area contributed by atoms with Gasteiger partial charge in [0.15, 0.2) is 0 Å². The average Bonchev–Trinajstić information content (AvgIpc) is 2.53. The van der Waals surface area contributed by atoms with E-state index in [-0.39, 0.29) is 18.1 Å². The summed E-state index contributed by atoms with van der Waals surface area (Å²) in [5, 5.41) is 2.79. The molecule has 0 saturated heterocycles. The van der Waals surface area contributed by atoms with E-state index in [1.165, 1.54) is 6.92 Å². The summed E-state index contributed by atoms with van der Waals surface area (Å²) in [6.07, 6.45) is 5.65. The number of rotatable bonds is 7. The molecular weight excluding hydrogens is 316 g/mol. The zero-order chi connectivity index (χ0) is 18.2. The van der Waals surface area contributed by atoms with E-state index < -0.39 is 0 Å². The molecule has 0 unspecified atom stereocenters. The van der Waals surface area contributed by atoms with E-state index in [4.69, 9.17) is 9.47 Å². The molecule has 2 aromatic rings. The summed E-state index contributed by atoms with van der Waals surface area (Å²) in [6.45, 7) is 7.37. The van der Waals surface area contributed by atoms with Gasteiger partial charge in [0.2, 0.25) is 11.8 Å². The lowest BCUT2D eigenvalue weighted by Gasteiger charge is -2.11. The third-order valence-electron chi connectivity index (χ3n) is 3.17. The van der Waals surface area contributed by atoms with Gasteiger partial charge in [-0.2, -0.15) is 0 Å². The lowest BCUT2D eigenvalue weighted by atomic mass is 10.2. The Kier molecular flexibility index (Phi) is 6.57. The SMILES string of the molecule is CC(=O)N[C@@H](C)C=Cc1ccc(Oc2cccc(OC(C)C)c2)nc1. The number of nitrogens with one attached hydrogen (secondary N) is 1. The first-order valence-corrected chi connectivity index (χ1v) is 8.28. The van der Waals surface area contributed by atoms with Crippen LogP contribution in [-0.2, 0) is 4.79 Å². The van der Waals surface area contributed by atoms with Gasteiger partial charge in [-0.25, -0.2) is 4.98 Å². The van der Waals surface area contributed by atoms with Gasteiger partial charge in [0.05, 0.1) is 6.10 Å². The van der Waals surface area contributed by atoms with Gasteiger partial charge >= 0.3 is 0 Å². The number of carbonyl (C=O) groups excluding carboxylic acids is 1. The van der Waals surface area contributed by atoms with Crippen LogP contribution in [0.4, 0.5) is 0 Å². The minimum absolute atomic E-state index is 0.0304. The number of pyridine rings is 1. The molecule has 0 saturated carbocycles. The molecule has 0 aliphatic rings. The first-order chi connectivity index (χ1) is 11.9. The average molecular weight is 340 g/mol. The standard InChI is InChI=1S/C20H24N2O3/c1-14(2)24-18-6-5-7-19(12-18)25-20-11-10-17(13-21-20)9-8-15(3)22-16(4)23/h5-15H,1-4H3,(H,22,23)/t15-/m0/s1.